The van der Waals surface area contributed by atoms with Crippen LogP contribution in [0.2, 0.25) is 0 Å². The van der Waals surface area contributed by atoms with Crippen molar-refractivity contribution in [1.82, 2.24) is 4.98 Å². The lowest BCUT2D eigenvalue weighted by Gasteiger charge is -2.25. The SMILES string of the molecule is Brc1cncc(N(Cc2ccccc2)Cc2ccccc2)c1. The van der Waals surface area contributed by atoms with E-state index in [1.165, 1.54) is 11.1 Å². The molecule has 3 aromatic rings. The minimum Gasteiger partial charge on any atom is -0.362 e. The van der Waals surface area contributed by atoms with Gasteiger partial charge in [-0.25, -0.2) is 0 Å². The van der Waals surface area contributed by atoms with E-state index in [9.17, 15) is 0 Å². The monoisotopic (exact) mass is 352 g/mol. The van der Waals surface area contributed by atoms with Crippen molar-refractivity contribution in [3.63, 3.8) is 0 Å². The first-order valence-electron chi connectivity index (χ1n) is 7.24. The topological polar surface area (TPSA) is 16.1 Å². The van der Waals surface area contributed by atoms with Crippen molar-refractivity contribution in [2.45, 2.75) is 13.1 Å². The molecule has 0 saturated heterocycles. The number of nitrogens with zero attached hydrogens (tertiary/aromatic N) is 2. The molecule has 0 radical (unpaired) electrons. The Morgan fingerprint density at radius 3 is 1.82 bits per heavy atom. The maximum absolute atomic E-state index is 4.30. The number of rotatable bonds is 5. The molecule has 0 N–H and O–H groups in total. The van der Waals surface area contributed by atoms with Crippen molar-refractivity contribution in [3.05, 3.63) is 94.7 Å². The molecule has 0 spiro atoms. The van der Waals surface area contributed by atoms with Crippen molar-refractivity contribution in [2.75, 3.05) is 4.90 Å². The molecule has 0 amide bonds. The van der Waals surface area contributed by atoms with E-state index in [1.807, 2.05) is 24.5 Å². The standard InChI is InChI=1S/C19H17BrN2/c20-18-11-19(13-21-12-18)22(14-16-7-3-1-4-8-16)15-17-9-5-2-6-10-17/h1-13H,14-15H2. The first kappa shape index (κ1) is 14.8. The van der Waals surface area contributed by atoms with Crippen molar-refractivity contribution in [3.8, 4) is 0 Å². The average Bonchev–Trinajstić information content (AvgIpc) is 2.56. The van der Waals surface area contributed by atoms with Gasteiger partial charge in [0.15, 0.2) is 0 Å². The highest BCUT2D eigenvalue weighted by Gasteiger charge is 2.09. The first-order valence-corrected chi connectivity index (χ1v) is 8.04. The summed E-state index contributed by atoms with van der Waals surface area (Å²) in [5, 5.41) is 0. The Labute approximate surface area is 139 Å². The number of halogens is 1. The number of pyridine rings is 1. The zero-order chi connectivity index (χ0) is 15.2. The Balaban J connectivity index is 1.88. The van der Waals surface area contributed by atoms with Crippen LogP contribution in [0.5, 0.6) is 0 Å². The van der Waals surface area contributed by atoms with Gasteiger partial charge < -0.3 is 4.90 Å². The van der Waals surface area contributed by atoms with Gasteiger partial charge in [-0.15, -0.1) is 0 Å². The fourth-order valence-electron chi connectivity index (χ4n) is 2.42. The van der Waals surface area contributed by atoms with Crippen LogP contribution in [-0.4, -0.2) is 4.98 Å². The Kier molecular flexibility index (Phi) is 4.86. The van der Waals surface area contributed by atoms with E-state index in [-0.39, 0.29) is 0 Å². The van der Waals surface area contributed by atoms with Gasteiger partial charge in [0.25, 0.3) is 0 Å². The van der Waals surface area contributed by atoms with Gasteiger partial charge >= 0.3 is 0 Å². The summed E-state index contributed by atoms with van der Waals surface area (Å²) in [6.45, 7) is 1.71. The summed E-state index contributed by atoms with van der Waals surface area (Å²) in [7, 11) is 0. The molecule has 1 heterocycles. The van der Waals surface area contributed by atoms with Gasteiger partial charge in [0, 0.05) is 23.8 Å². The molecule has 0 saturated carbocycles. The van der Waals surface area contributed by atoms with Crippen LogP contribution in [0.15, 0.2) is 83.6 Å². The lowest BCUT2D eigenvalue weighted by atomic mass is 10.1. The van der Waals surface area contributed by atoms with E-state index in [0.717, 1.165) is 23.2 Å². The summed E-state index contributed by atoms with van der Waals surface area (Å²) in [6.07, 6.45) is 3.73. The largest absolute Gasteiger partial charge is 0.362 e. The first-order chi connectivity index (χ1) is 10.8. The number of hydrogen-bond donors (Lipinski definition) is 0. The van der Waals surface area contributed by atoms with Crippen molar-refractivity contribution >= 4 is 21.6 Å². The second-order valence-corrected chi connectivity index (χ2v) is 6.10. The van der Waals surface area contributed by atoms with Gasteiger partial charge in [0.1, 0.15) is 0 Å². The van der Waals surface area contributed by atoms with E-state index in [4.69, 9.17) is 0 Å². The van der Waals surface area contributed by atoms with Gasteiger partial charge in [-0.2, -0.15) is 0 Å². The molecule has 2 nitrogen and oxygen atoms in total. The third-order valence-corrected chi connectivity index (χ3v) is 3.92. The van der Waals surface area contributed by atoms with Gasteiger partial charge in [-0.1, -0.05) is 60.7 Å². The van der Waals surface area contributed by atoms with E-state index >= 15 is 0 Å². The maximum Gasteiger partial charge on any atom is 0.0570 e. The third-order valence-electron chi connectivity index (χ3n) is 3.49. The summed E-state index contributed by atoms with van der Waals surface area (Å²) in [5.74, 6) is 0. The van der Waals surface area contributed by atoms with Crippen molar-refractivity contribution < 1.29 is 0 Å². The normalized spacial score (nSPS) is 10.4. The van der Waals surface area contributed by atoms with Gasteiger partial charge in [-0.3, -0.25) is 4.98 Å². The summed E-state index contributed by atoms with van der Waals surface area (Å²) < 4.78 is 0.996. The highest BCUT2D eigenvalue weighted by Crippen LogP contribution is 2.22. The van der Waals surface area contributed by atoms with Crippen LogP contribution in [0.25, 0.3) is 0 Å². The van der Waals surface area contributed by atoms with Crippen molar-refractivity contribution in [2.24, 2.45) is 0 Å². The minimum atomic E-state index is 0.855. The number of hydrogen-bond acceptors (Lipinski definition) is 2. The van der Waals surface area contributed by atoms with Crippen LogP contribution in [-0.2, 0) is 13.1 Å². The molecule has 0 aliphatic carbocycles. The summed E-state index contributed by atoms with van der Waals surface area (Å²) in [5.41, 5.74) is 3.69. The Hall–Kier alpha value is -2.13. The van der Waals surface area contributed by atoms with E-state index in [0.29, 0.717) is 0 Å². The minimum absolute atomic E-state index is 0.855. The molecule has 22 heavy (non-hydrogen) atoms. The number of anilines is 1. The summed E-state index contributed by atoms with van der Waals surface area (Å²) >= 11 is 3.51. The molecule has 2 aromatic carbocycles. The zero-order valence-corrected chi connectivity index (χ0v) is 13.8. The lowest BCUT2D eigenvalue weighted by Crippen LogP contribution is -2.22. The fourth-order valence-corrected chi connectivity index (χ4v) is 2.77. The zero-order valence-electron chi connectivity index (χ0n) is 12.2. The van der Waals surface area contributed by atoms with Crippen LogP contribution in [0.4, 0.5) is 5.69 Å². The van der Waals surface area contributed by atoms with Gasteiger partial charge in [0.05, 0.1) is 11.9 Å². The van der Waals surface area contributed by atoms with Crippen LogP contribution in [0, 0.1) is 0 Å². The van der Waals surface area contributed by atoms with Crippen LogP contribution in [0.1, 0.15) is 11.1 Å². The summed E-state index contributed by atoms with van der Waals surface area (Å²) in [6, 6.07) is 23.1. The molecule has 0 unspecified atom stereocenters. The number of benzene rings is 2. The molecule has 0 fully saturated rings. The van der Waals surface area contributed by atoms with Gasteiger partial charge in [-0.05, 0) is 33.1 Å². The molecule has 3 rings (SSSR count). The molecule has 3 heteroatoms. The van der Waals surface area contributed by atoms with Crippen LogP contribution < -0.4 is 4.90 Å². The quantitative estimate of drug-likeness (QED) is 0.638. The van der Waals surface area contributed by atoms with E-state index < -0.39 is 0 Å². The van der Waals surface area contributed by atoms with E-state index in [2.05, 4.69) is 80.4 Å². The molecule has 0 atom stereocenters. The Morgan fingerprint density at radius 2 is 1.32 bits per heavy atom. The highest BCUT2D eigenvalue weighted by molar-refractivity contribution is 9.10. The molecule has 0 bridgehead atoms. The van der Waals surface area contributed by atoms with Crippen LogP contribution in [0.3, 0.4) is 0 Å². The maximum atomic E-state index is 4.30. The molecule has 1 aromatic heterocycles. The Morgan fingerprint density at radius 1 is 0.773 bits per heavy atom. The predicted octanol–water partition coefficient (Wildman–Crippen LogP) is 5.05. The van der Waals surface area contributed by atoms with Gasteiger partial charge in [0.2, 0.25) is 0 Å². The molecule has 0 aliphatic heterocycles. The third kappa shape index (κ3) is 3.95. The second-order valence-electron chi connectivity index (χ2n) is 5.19. The fraction of sp³-hybridized carbons (Fsp3) is 0.105. The molecular formula is C19H17BrN2. The smallest absolute Gasteiger partial charge is 0.0570 e. The molecule has 110 valence electrons. The lowest BCUT2D eigenvalue weighted by molar-refractivity contribution is 0.797. The van der Waals surface area contributed by atoms with Crippen LogP contribution >= 0.6 is 15.9 Å². The predicted molar refractivity (Wildman–Crippen MR) is 94.7 cm³/mol. The average molecular weight is 353 g/mol. The second kappa shape index (κ2) is 7.23. The Bertz CT molecular complexity index is 672. The molecule has 0 aliphatic rings. The highest BCUT2D eigenvalue weighted by atomic mass is 79.9. The summed E-state index contributed by atoms with van der Waals surface area (Å²) in [4.78, 5) is 6.64. The van der Waals surface area contributed by atoms with E-state index in [1.54, 1.807) is 0 Å². The van der Waals surface area contributed by atoms with Crippen molar-refractivity contribution in [1.29, 1.82) is 0 Å². The molecular weight excluding hydrogens is 336 g/mol. The number of aromatic nitrogens is 1.